The lowest BCUT2D eigenvalue weighted by Gasteiger charge is -2.47. The highest BCUT2D eigenvalue weighted by Gasteiger charge is 2.58. The average Bonchev–Trinajstić information content (AvgIpc) is 2.28. The molecule has 2 saturated heterocycles. The number of halogens is 2. The summed E-state index contributed by atoms with van der Waals surface area (Å²) in [6, 6.07) is 0. The van der Waals surface area contributed by atoms with Crippen LogP contribution in [0.15, 0.2) is 0 Å². The van der Waals surface area contributed by atoms with Crippen molar-refractivity contribution in [3.8, 4) is 0 Å². The molecule has 0 unspecified atom stereocenters. The third kappa shape index (κ3) is 1.71. The van der Waals surface area contributed by atoms with Gasteiger partial charge in [0.05, 0.1) is 6.54 Å². The normalized spacial score (nSPS) is 35.8. The lowest BCUT2D eigenvalue weighted by Crippen LogP contribution is -2.54. The highest BCUT2D eigenvalue weighted by atomic mass is 19.3. The summed E-state index contributed by atoms with van der Waals surface area (Å²) in [5.74, 6) is -2.41. The van der Waals surface area contributed by atoms with Crippen molar-refractivity contribution in [1.82, 2.24) is 4.90 Å². The van der Waals surface area contributed by atoms with Crippen molar-refractivity contribution in [3.63, 3.8) is 0 Å². The summed E-state index contributed by atoms with van der Waals surface area (Å²) in [5.41, 5.74) is -0.108. The van der Waals surface area contributed by atoms with Crippen molar-refractivity contribution < 1.29 is 8.78 Å². The van der Waals surface area contributed by atoms with Gasteiger partial charge in [0.15, 0.2) is 0 Å². The largest absolute Gasteiger partial charge is 0.291 e. The van der Waals surface area contributed by atoms with E-state index < -0.39 is 5.92 Å². The number of rotatable bonds is 1. The van der Waals surface area contributed by atoms with Gasteiger partial charge in [0.25, 0.3) is 5.92 Å². The maximum atomic E-state index is 12.9. The molecule has 0 spiro atoms. The highest BCUT2D eigenvalue weighted by Crippen LogP contribution is 2.48. The summed E-state index contributed by atoms with van der Waals surface area (Å²) in [4.78, 5) is 1.94. The predicted molar refractivity (Wildman–Crippen MR) is 50.1 cm³/mol. The first-order valence-corrected chi connectivity index (χ1v) is 5.21. The Labute approximate surface area is 79.1 Å². The van der Waals surface area contributed by atoms with E-state index in [4.69, 9.17) is 0 Å². The second-order valence-electron chi connectivity index (χ2n) is 3.78. The molecule has 78 valence electrons. The fourth-order valence-electron chi connectivity index (χ4n) is 2.38. The number of hydrogen-bond acceptors (Lipinski definition) is 1. The minimum atomic E-state index is -2.41. The molecule has 0 bridgehead atoms. The molecule has 2 aliphatic heterocycles. The van der Waals surface area contributed by atoms with E-state index in [1.165, 1.54) is 0 Å². The molecule has 13 heavy (non-hydrogen) atoms. The fraction of sp³-hybridized carbons (Fsp3) is 1.00. The van der Waals surface area contributed by atoms with Gasteiger partial charge < -0.3 is 0 Å². The van der Waals surface area contributed by atoms with Crippen LogP contribution in [-0.2, 0) is 0 Å². The molecule has 0 amide bonds. The van der Waals surface area contributed by atoms with E-state index >= 15 is 0 Å². The number of fused-ring (bicyclic) bond motifs is 1. The third-order valence-corrected chi connectivity index (χ3v) is 3.19. The molecule has 2 fully saturated rings. The van der Waals surface area contributed by atoms with Crippen molar-refractivity contribution >= 4 is 0 Å². The van der Waals surface area contributed by atoms with Gasteiger partial charge in [-0.15, -0.1) is 0 Å². The lowest BCUT2D eigenvalue weighted by molar-refractivity contribution is 0.0123. The summed E-state index contributed by atoms with van der Waals surface area (Å²) < 4.78 is 25.8. The van der Waals surface area contributed by atoms with Crippen LogP contribution < -0.4 is 0 Å². The Morgan fingerprint density at radius 2 is 1.92 bits per heavy atom. The van der Waals surface area contributed by atoms with E-state index in [0.29, 0.717) is 0 Å². The molecule has 1 atom stereocenters. The van der Waals surface area contributed by atoms with E-state index in [-0.39, 0.29) is 18.5 Å². The number of hydrogen-bond donors (Lipinski definition) is 0. The first-order valence-electron chi connectivity index (χ1n) is 5.21. The van der Waals surface area contributed by atoms with Crippen LogP contribution in [0.1, 0.15) is 40.0 Å². The molecule has 0 radical (unpaired) electrons. The van der Waals surface area contributed by atoms with Crippen LogP contribution in [0.3, 0.4) is 0 Å². The summed E-state index contributed by atoms with van der Waals surface area (Å²) in [6.45, 7) is 6.89. The van der Waals surface area contributed by atoms with Crippen LogP contribution in [-0.4, -0.2) is 29.5 Å². The van der Waals surface area contributed by atoms with Crippen molar-refractivity contribution in [1.29, 1.82) is 0 Å². The van der Waals surface area contributed by atoms with E-state index in [9.17, 15) is 8.78 Å². The summed E-state index contributed by atoms with van der Waals surface area (Å²) in [6.07, 6.45) is 1.94. The summed E-state index contributed by atoms with van der Waals surface area (Å²) >= 11 is 0. The van der Waals surface area contributed by atoms with Crippen LogP contribution in [0.25, 0.3) is 0 Å². The molecular weight excluding hydrogens is 172 g/mol. The zero-order chi connectivity index (χ0) is 10.1. The predicted octanol–water partition coefficient (Wildman–Crippen LogP) is 2.91. The van der Waals surface area contributed by atoms with Crippen LogP contribution in [0, 0.1) is 0 Å². The Hall–Kier alpha value is -0.180. The monoisotopic (exact) mass is 191 g/mol. The zero-order valence-electron chi connectivity index (χ0n) is 8.74. The molecule has 0 aromatic carbocycles. The van der Waals surface area contributed by atoms with Gasteiger partial charge in [0, 0.05) is 18.5 Å². The Kier molecular flexibility index (Phi) is 2.95. The van der Waals surface area contributed by atoms with E-state index in [1.54, 1.807) is 0 Å². The van der Waals surface area contributed by atoms with Crippen molar-refractivity contribution in [2.24, 2.45) is 0 Å². The molecule has 0 N–H and O–H groups in total. The molecule has 0 aromatic rings. The molecule has 3 heteroatoms. The third-order valence-electron chi connectivity index (χ3n) is 3.19. The van der Waals surface area contributed by atoms with Gasteiger partial charge in [-0.25, -0.2) is 8.78 Å². The number of alkyl halides is 2. The van der Waals surface area contributed by atoms with Gasteiger partial charge in [-0.05, 0) is 12.8 Å². The maximum Gasteiger partial charge on any atom is 0.262 e. The Morgan fingerprint density at radius 1 is 1.31 bits per heavy atom. The first-order chi connectivity index (χ1) is 6.08. The van der Waals surface area contributed by atoms with Gasteiger partial charge in [-0.2, -0.15) is 0 Å². The van der Waals surface area contributed by atoms with Crippen molar-refractivity contribution in [2.75, 3.05) is 13.1 Å². The quantitative estimate of drug-likeness (QED) is 0.616. The first kappa shape index (κ1) is 10.9. The van der Waals surface area contributed by atoms with Gasteiger partial charge in [-0.1, -0.05) is 20.8 Å². The highest BCUT2D eigenvalue weighted by molar-refractivity contribution is 5.08. The van der Waals surface area contributed by atoms with E-state index in [2.05, 4.69) is 0 Å². The molecular formula is C10H19F2N. The average molecular weight is 191 g/mol. The maximum absolute atomic E-state index is 12.9. The zero-order valence-corrected chi connectivity index (χ0v) is 8.74. The topological polar surface area (TPSA) is 3.24 Å². The van der Waals surface area contributed by atoms with Crippen molar-refractivity contribution in [2.45, 2.75) is 51.5 Å². The minimum Gasteiger partial charge on any atom is -0.291 e. The van der Waals surface area contributed by atoms with Crippen LogP contribution in [0.4, 0.5) is 8.78 Å². The molecule has 2 rings (SSSR count). The lowest BCUT2D eigenvalue weighted by atomic mass is 9.82. The summed E-state index contributed by atoms with van der Waals surface area (Å²) in [5, 5.41) is 0. The van der Waals surface area contributed by atoms with E-state index in [1.807, 2.05) is 25.7 Å². The van der Waals surface area contributed by atoms with Crippen LogP contribution >= 0.6 is 0 Å². The van der Waals surface area contributed by atoms with Crippen LogP contribution in [0.5, 0.6) is 0 Å². The Morgan fingerprint density at radius 3 is 2.15 bits per heavy atom. The fourth-order valence-corrected chi connectivity index (χ4v) is 2.38. The Bertz CT molecular complexity index is 178. The smallest absolute Gasteiger partial charge is 0.262 e. The molecule has 0 saturated carbocycles. The SMILES string of the molecule is CC.CC[C@@]12CCN1CC(F)(F)C2. The molecule has 1 nitrogen and oxygen atoms in total. The second kappa shape index (κ2) is 3.52. The second-order valence-corrected chi connectivity index (χ2v) is 3.78. The molecule has 0 aromatic heterocycles. The van der Waals surface area contributed by atoms with Gasteiger partial charge >= 0.3 is 0 Å². The van der Waals surface area contributed by atoms with Gasteiger partial charge in [0.2, 0.25) is 0 Å². The number of nitrogens with zero attached hydrogens (tertiary/aromatic N) is 1. The van der Waals surface area contributed by atoms with Gasteiger partial charge in [0.1, 0.15) is 0 Å². The molecule has 2 heterocycles. The minimum absolute atomic E-state index is 0.000833. The van der Waals surface area contributed by atoms with Crippen molar-refractivity contribution in [3.05, 3.63) is 0 Å². The molecule has 0 aliphatic carbocycles. The van der Waals surface area contributed by atoms with E-state index in [0.717, 1.165) is 19.4 Å². The van der Waals surface area contributed by atoms with Crippen LogP contribution in [0.2, 0.25) is 0 Å². The van der Waals surface area contributed by atoms with Gasteiger partial charge in [-0.3, -0.25) is 4.90 Å². The molecule has 2 aliphatic rings. The summed E-state index contributed by atoms with van der Waals surface area (Å²) in [7, 11) is 0. The Balaban J connectivity index is 0.000000396. The standard InChI is InChI=1S/C8H13F2N.C2H6/c1-2-7-3-4-11(7)6-8(9,10)5-7;1-2/h2-6H2,1H3;1-2H3/t7-;/m0./s1.